The summed E-state index contributed by atoms with van der Waals surface area (Å²) in [4.78, 5) is 13.9. The molecule has 1 aliphatic heterocycles. The molecule has 0 bridgehead atoms. The standard InChI is InChI=1S/C21H25FN2O2/c1-26-19-10-8-16(9-11-19)20(24-12-3-2-4-13-24)15-23-21(25)17-6-5-7-18(22)14-17/h5-11,14,20H,2-4,12-13,15H2,1H3,(H,23,25)/p+1/t20-/m0/s1. The quantitative estimate of drug-likeness (QED) is 0.834. The first-order valence-electron chi connectivity index (χ1n) is 9.19. The topological polar surface area (TPSA) is 42.8 Å². The highest BCUT2D eigenvalue weighted by Gasteiger charge is 2.26. The van der Waals surface area contributed by atoms with E-state index in [2.05, 4.69) is 17.4 Å². The number of quaternary nitrogens is 1. The number of piperidine rings is 1. The number of nitrogens with one attached hydrogen (secondary N) is 2. The molecule has 1 saturated heterocycles. The van der Waals surface area contributed by atoms with Crippen LogP contribution in [0.5, 0.6) is 5.75 Å². The van der Waals surface area contributed by atoms with Crippen LogP contribution in [0.4, 0.5) is 4.39 Å². The second-order valence-electron chi connectivity index (χ2n) is 6.77. The first-order valence-corrected chi connectivity index (χ1v) is 9.19. The van der Waals surface area contributed by atoms with Gasteiger partial charge in [0.1, 0.15) is 17.6 Å². The van der Waals surface area contributed by atoms with Gasteiger partial charge in [0.15, 0.2) is 0 Å². The molecule has 1 heterocycles. The number of ether oxygens (including phenoxy) is 1. The number of amides is 1. The second kappa shape index (κ2) is 8.81. The molecule has 2 aromatic carbocycles. The Hall–Kier alpha value is -2.40. The third-order valence-corrected chi connectivity index (χ3v) is 5.06. The van der Waals surface area contributed by atoms with Crippen LogP contribution in [0.15, 0.2) is 48.5 Å². The minimum Gasteiger partial charge on any atom is -0.497 e. The van der Waals surface area contributed by atoms with Gasteiger partial charge in [0.05, 0.1) is 26.7 Å². The Morgan fingerprint density at radius 2 is 1.88 bits per heavy atom. The molecule has 2 N–H and O–H groups in total. The molecule has 0 spiro atoms. The number of hydrogen-bond donors (Lipinski definition) is 2. The lowest BCUT2D eigenvalue weighted by Gasteiger charge is -2.32. The normalized spacial score (nSPS) is 16.1. The van der Waals surface area contributed by atoms with Crippen molar-refractivity contribution in [3.63, 3.8) is 0 Å². The van der Waals surface area contributed by atoms with Gasteiger partial charge in [0.2, 0.25) is 0 Å². The lowest BCUT2D eigenvalue weighted by molar-refractivity contribution is -0.935. The van der Waals surface area contributed by atoms with Crippen molar-refractivity contribution >= 4 is 5.91 Å². The van der Waals surface area contributed by atoms with Crippen LogP contribution in [-0.4, -0.2) is 32.7 Å². The lowest BCUT2D eigenvalue weighted by Crippen LogP contribution is -3.13. The van der Waals surface area contributed by atoms with Crippen LogP contribution < -0.4 is 15.0 Å². The number of benzene rings is 2. The fraction of sp³-hybridized carbons (Fsp3) is 0.381. The number of halogens is 1. The molecular formula is C21H26FN2O2+. The monoisotopic (exact) mass is 357 g/mol. The van der Waals surface area contributed by atoms with Crippen LogP contribution >= 0.6 is 0 Å². The van der Waals surface area contributed by atoms with Crippen LogP contribution in [0, 0.1) is 5.82 Å². The maximum Gasteiger partial charge on any atom is 0.251 e. The Morgan fingerprint density at radius 1 is 1.15 bits per heavy atom. The van der Waals surface area contributed by atoms with Gasteiger partial charge < -0.3 is 15.0 Å². The van der Waals surface area contributed by atoms with Crippen LogP contribution in [0.25, 0.3) is 0 Å². The molecule has 0 radical (unpaired) electrons. The SMILES string of the molecule is COc1ccc([C@H](CNC(=O)c2cccc(F)c2)[NH+]2CCCCC2)cc1. The predicted octanol–water partition coefficient (Wildman–Crippen LogP) is 2.37. The Labute approximate surface area is 154 Å². The van der Waals surface area contributed by atoms with E-state index in [0.717, 1.165) is 18.8 Å². The third-order valence-electron chi connectivity index (χ3n) is 5.06. The van der Waals surface area contributed by atoms with Crippen LogP contribution in [0.2, 0.25) is 0 Å². The van der Waals surface area contributed by atoms with Crippen molar-refractivity contribution < 1.29 is 18.8 Å². The van der Waals surface area contributed by atoms with Crippen molar-refractivity contribution in [2.24, 2.45) is 0 Å². The Balaban J connectivity index is 1.73. The van der Waals surface area contributed by atoms with Crippen molar-refractivity contribution in [2.75, 3.05) is 26.7 Å². The molecule has 4 nitrogen and oxygen atoms in total. The summed E-state index contributed by atoms with van der Waals surface area (Å²) in [6.07, 6.45) is 3.69. The summed E-state index contributed by atoms with van der Waals surface area (Å²) in [6, 6.07) is 14.0. The fourth-order valence-corrected chi connectivity index (χ4v) is 3.62. The molecule has 26 heavy (non-hydrogen) atoms. The van der Waals surface area contributed by atoms with Gasteiger partial charge in [-0.2, -0.15) is 0 Å². The Bertz CT molecular complexity index is 727. The minimum atomic E-state index is -0.397. The summed E-state index contributed by atoms with van der Waals surface area (Å²) in [7, 11) is 1.65. The fourth-order valence-electron chi connectivity index (χ4n) is 3.62. The van der Waals surface area contributed by atoms with E-state index < -0.39 is 5.82 Å². The molecule has 138 valence electrons. The van der Waals surface area contributed by atoms with Crippen molar-refractivity contribution in [2.45, 2.75) is 25.3 Å². The molecule has 1 amide bonds. The van der Waals surface area contributed by atoms with E-state index in [1.54, 1.807) is 19.2 Å². The van der Waals surface area contributed by atoms with Crippen molar-refractivity contribution in [3.05, 3.63) is 65.5 Å². The van der Waals surface area contributed by atoms with Crippen molar-refractivity contribution in [1.29, 1.82) is 0 Å². The number of likely N-dealkylation sites (tertiary alicyclic amines) is 1. The van der Waals surface area contributed by atoms with Gasteiger partial charge >= 0.3 is 0 Å². The number of carbonyl (C=O) groups excluding carboxylic acids is 1. The molecular weight excluding hydrogens is 331 g/mol. The van der Waals surface area contributed by atoms with Gasteiger partial charge in [-0.15, -0.1) is 0 Å². The molecule has 5 heteroatoms. The van der Waals surface area contributed by atoms with Gasteiger partial charge in [-0.3, -0.25) is 4.79 Å². The van der Waals surface area contributed by atoms with E-state index in [-0.39, 0.29) is 11.9 Å². The summed E-state index contributed by atoms with van der Waals surface area (Å²) >= 11 is 0. The molecule has 2 aromatic rings. The highest BCUT2D eigenvalue weighted by atomic mass is 19.1. The van der Waals surface area contributed by atoms with Gasteiger partial charge in [-0.25, -0.2) is 4.39 Å². The van der Waals surface area contributed by atoms with E-state index in [0.29, 0.717) is 12.1 Å². The molecule has 1 aliphatic rings. The highest BCUT2D eigenvalue weighted by molar-refractivity contribution is 5.94. The van der Waals surface area contributed by atoms with Crippen LogP contribution in [-0.2, 0) is 0 Å². The van der Waals surface area contributed by atoms with Crippen molar-refractivity contribution in [1.82, 2.24) is 5.32 Å². The second-order valence-corrected chi connectivity index (χ2v) is 6.77. The highest BCUT2D eigenvalue weighted by Crippen LogP contribution is 2.17. The summed E-state index contributed by atoms with van der Waals surface area (Å²) in [5, 5.41) is 2.99. The summed E-state index contributed by atoms with van der Waals surface area (Å²) in [5.41, 5.74) is 1.54. The Morgan fingerprint density at radius 3 is 2.54 bits per heavy atom. The lowest BCUT2D eigenvalue weighted by atomic mass is 10.0. The average molecular weight is 357 g/mol. The average Bonchev–Trinajstić information content (AvgIpc) is 2.69. The van der Waals surface area contributed by atoms with Crippen LogP contribution in [0.3, 0.4) is 0 Å². The molecule has 0 aliphatic carbocycles. The smallest absolute Gasteiger partial charge is 0.251 e. The van der Waals surface area contributed by atoms with Gasteiger partial charge in [-0.1, -0.05) is 6.07 Å². The van der Waals surface area contributed by atoms with Gasteiger partial charge in [0.25, 0.3) is 5.91 Å². The van der Waals surface area contributed by atoms with E-state index >= 15 is 0 Å². The van der Waals surface area contributed by atoms with E-state index in [4.69, 9.17) is 4.74 Å². The molecule has 1 atom stereocenters. The number of rotatable bonds is 6. The molecule has 0 saturated carbocycles. The van der Waals surface area contributed by atoms with E-state index in [1.165, 1.54) is 41.9 Å². The van der Waals surface area contributed by atoms with Gasteiger partial charge in [-0.05, 0) is 61.7 Å². The summed E-state index contributed by atoms with van der Waals surface area (Å²) in [5.74, 6) is 0.190. The minimum absolute atomic E-state index is 0.179. The maximum atomic E-state index is 13.4. The molecule has 0 aromatic heterocycles. The van der Waals surface area contributed by atoms with E-state index in [9.17, 15) is 9.18 Å². The largest absolute Gasteiger partial charge is 0.497 e. The molecule has 3 rings (SSSR count). The number of methoxy groups -OCH3 is 1. The molecule has 1 fully saturated rings. The summed E-state index contributed by atoms with van der Waals surface area (Å²) < 4.78 is 18.6. The third kappa shape index (κ3) is 4.61. The number of hydrogen-bond acceptors (Lipinski definition) is 2. The first-order chi connectivity index (χ1) is 12.7. The zero-order chi connectivity index (χ0) is 18.4. The predicted molar refractivity (Wildman–Crippen MR) is 99.0 cm³/mol. The summed E-state index contributed by atoms with van der Waals surface area (Å²) in [6.45, 7) is 2.73. The first kappa shape index (κ1) is 18.4. The maximum absolute atomic E-state index is 13.4. The number of carbonyl (C=O) groups is 1. The van der Waals surface area contributed by atoms with Crippen LogP contribution in [0.1, 0.15) is 41.2 Å². The zero-order valence-electron chi connectivity index (χ0n) is 15.1. The van der Waals surface area contributed by atoms with E-state index in [1.807, 2.05) is 12.1 Å². The van der Waals surface area contributed by atoms with Crippen molar-refractivity contribution in [3.8, 4) is 5.75 Å². The molecule has 0 unspecified atom stereocenters. The van der Waals surface area contributed by atoms with Gasteiger partial charge in [0, 0.05) is 11.1 Å². The Kier molecular flexibility index (Phi) is 6.23. The zero-order valence-corrected chi connectivity index (χ0v) is 15.1.